The van der Waals surface area contributed by atoms with E-state index in [4.69, 9.17) is 16.3 Å². The van der Waals surface area contributed by atoms with E-state index in [1.54, 1.807) is 0 Å². The van der Waals surface area contributed by atoms with Crippen molar-refractivity contribution in [2.45, 2.75) is 6.42 Å². The normalized spacial score (nSPS) is 15.4. The minimum absolute atomic E-state index is 0.731. The van der Waals surface area contributed by atoms with Gasteiger partial charge in [-0.25, -0.2) is 0 Å². The van der Waals surface area contributed by atoms with Crippen molar-refractivity contribution >= 4 is 11.6 Å². The third-order valence-corrected chi connectivity index (χ3v) is 1.85. The highest BCUT2D eigenvalue weighted by molar-refractivity contribution is 6.30. The zero-order chi connectivity index (χ0) is 7.68. The zero-order valence-corrected chi connectivity index (χ0v) is 6.69. The topological polar surface area (TPSA) is 9.23 Å². The molecule has 0 aliphatic carbocycles. The molecule has 0 N–H and O–H groups in total. The number of benzene rings is 1. The molecule has 0 unspecified atom stereocenters. The van der Waals surface area contributed by atoms with E-state index >= 15 is 0 Å². The molecular formula is C9H7ClO. The van der Waals surface area contributed by atoms with Crippen LogP contribution < -0.4 is 4.74 Å². The monoisotopic (exact) mass is 166 g/mol. The first-order chi connectivity index (χ1) is 5.36. The number of hydrogen-bond donors (Lipinski definition) is 0. The molecule has 1 aromatic rings. The molecule has 0 saturated carbocycles. The number of hydrogen-bond acceptors (Lipinski definition) is 1. The van der Waals surface area contributed by atoms with Crippen molar-refractivity contribution in [2.24, 2.45) is 0 Å². The van der Waals surface area contributed by atoms with Gasteiger partial charge in [-0.15, -0.1) is 0 Å². The van der Waals surface area contributed by atoms with Crippen LogP contribution in [0.5, 0.6) is 5.75 Å². The van der Waals surface area contributed by atoms with Crippen LogP contribution in [0.1, 0.15) is 12.0 Å². The van der Waals surface area contributed by atoms with Crippen molar-refractivity contribution in [2.75, 3.05) is 6.61 Å². The molecule has 0 atom stereocenters. The lowest BCUT2D eigenvalue weighted by Crippen LogP contribution is -2.06. The van der Waals surface area contributed by atoms with Crippen molar-refractivity contribution in [1.29, 1.82) is 0 Å². The molecule has 2 heteroatoms. The van der Waals surface area contributed by atoms with Gasteiger partial charge in [-0.05, 0) is 24.6 Å². The number of rotatable bonds is 0. The average Bonchev–Trinajstić information content (AvgIpc) is 2.04. The van der Waals surface area contributed by atoms with Crippen molar-refractivity contribution in [3.8, 4) is 5.75 Å². The molecule has 0 amide bonds. The van der Waals surface area contributed by atoms with Crippen molar-refractivity contribution in [3.63, 3.8) is 0 Å². The highest BCUT2D eigenvalue weighted by atomic mass is 35.5. The molecule has 1 aliphatic rings. The van der Waals surface area contributed by atoms with Gasteiger partial charge in [0.15, 0.2) is 0 Å². The molecule has 0 aromatic heterocycles. The van der Waals surface area contributed by atoms with Crippen LogP contribution >= 0.6 is 11.6 Å². The Balaban J connectivity index is 2.43. The Morgan fingerprint density at radius 3 is 3.27 bits per heavy atom. The van der Waals surface area contributed by atoms with Gasteiger partial charge in [-0.2, -0.15) is 0 Å². The molecule has 0 bridgehead atoms. The fourth-order valence-corrected chi connectivity index (χ4v) is 1.29. The fourth-order valence-electron chi connectivity index (χ4n) is 1.11. The lowest BCUT2D eigenvalue weighted by molar-refractivity contribution is 0.306. The van der Waals surface area contributed by atoms with E-state index in [-0.39, 0.29) is 0 Å². The molecule has 56 valence electrons. The summed E-state index contributed by atoms with van der Waals surface area (Å²) in [7, 11) is 0. The van der Waals surface area contributed by atoms with Gasteiger partial charge in [0.1, 0.15) is 5.75 Å². The highest BCUT2D eigenvalue weighted by Gasteiger charge is 2.09. The van der Waals surface area contributed by atoms with Crippen LogP contribution in [0.25, 0.3) is 0 Å². The van der Waals surface area contributed by atoms with Crippen LogP contribution in [0, 0.1) is 6.42 Å². The van der Waals surface area contributed by atoms with E-state index in [0.717, 1.165) is 29.4 Å². The number of fused-ring (bicyclic) bond motifs is 1. The van der Waals surface area contributed by atoms with Crippen LogP contribution in [-0.4, -0.2) is 6.61 Å². The van der Waals surface area contributed by atoms with E-state index < -0.39 is 0 Å². The summed E-state index contributed by atoms with van der Waals surface area (Å²) in [6.45, 7) is 0.731. The lowest BCUT2D eigenvalue weighted by atomic mass is 10.1. The van der Waals surface area contributed by atoms with Gasteiger partial charge in [0, 0.05) is 17.0 Å². The van der Waals surface area contributed by atoms with Gasteiger partial charge < -0.3 is 4.74 Å². The lowest BCUT2D eigenvalue weighted by Gasteiger charge is -2.15. The third-order valence-electron chi connectivity index (χ3n) is 1.62. The molecular weight excluding hydrogens is 160 g/mol. The van der Waals surface area contributed by atoms with E-state index in [1.807, 2.05) is 18.2 Å². The molecule has 0 fully saturated rings. The van der Waals surface area contributed by atoms with Gasteiger partial charge in [-0.3, -0.25) is 0 Å². The fraction of sp³-hybridized carbons (Fsp3) is 0.222. The summed E-state index contributed by atoms with van der Waals surface area (Å²) >= 11 is 5.78. The maximum atomic E-state index is 5.78. The maximum Gasteiger partial charge on any atom is 0.123 e. The van der Waals surface area contributed by atoms with E-state index in [2.05, 4.69) is 6.42 Å². The maximum absolute atomic E-state index is 5.78. The van der Waals surface area contributed by atoms with Crippen LogP contribution in [0.15, 0.2) is 18.2 Å². The molecule has 1 nitrogen and oxygen atoms in total. The Morgan fingerprint density at radius 1 is 1.45 bits per heavy atom. The molecule has 2 radical (unpaired) electrons. The van der Waals surface area contributed by atoms with Crippen LogP contribution in [0.4, 0.5) is 0 Å². The van der Waals surface area contributed by atoms with Gasteiger partial charge in [-0.1, -0.05) is 11.6 Å². The quantitative estimate of drug-likeness (QED) is 0.576. The summed E-state index contributed by atoms with van der Waals surface area (Å²) < 4.78 is 5.36. The molecule has 1 aromatic carbocycles. The Labute approximate surface area is 70.9 Å². The van der Waals surface area contributed by atoms with Gasteiger partial charge >= 0.3 is 0 Å². The van der Waals surface area contributed by atoms with Gasteiger partial charge in [0.05, 0.1) is 6.61 Å². The zero-order valence-electron chi connectivity index (χ0n) is 5.93. The molecule has 1 aliphatic heterocycles. The second-order valence-electron chi connectivity index (χ2n) is 2.42. The van der Waals surface area contributed by atoms with Crippen molar-refractivity contribution in [3.05, 3.63) is 35.2 Å². The van der Waals surface area contributed by atoms with Crippen LogP contribution in [-0.2, 0) is 0 Å². The van der Waals surface area contributed by atoms with Crippen LogP contribution in [0.2, 0.25) is 5.02 Å². The summed E-state index contributed by atoms with van der Waals surface area (Å²) in [4.78, 5) is 0. The summed E-state index contributed by atoms with van der Waals surface area (Å²) in [5.41, 5.74) is 0.990. The highest BCUT2D eigenvalue weighted by Crippen LogP contribution is 2.28. The molecule has 0 spiro atoms. The second-order valence-corrected chi connectivity index (χ2v) is 2.85. The van der Waals surface area contributed by atoms with Gasteiger partial charge in [0.2, 0.25) is 0 Å². The molecule has 1 heterocycles. The number of ether oxygens (including phenoxy) is 1. The Hall–Kier alpha value is -0.690. The third kappa shape index (κ3) is 1.33. The first kappa shape index (κ1) is 6.99. The minimum Gasteiger partial charge on any atom is -0.493 e. The first-order valence-electron chi connectivity index (χ1n) is 3.52. The SMILES string of the molecule is Clc1ccc2c(c1)[C]CCO2. The first-order valence-corrected chi connectivity index (χ1v) is 3.90. The second kappa shape index (κ2) is 2.74. The van der Waals surface area contributed by atoms with Crippen LogP contribution in [0.3, 0.4) is 0 Å². The minimum atomic E-state index is 0.731. The van der Waals surface area contributed by atoms with Crippen molar-refractivity contribution < 1.29 is 4.74 Å². The Bertz CT molecular complexity index is 270. The Kier molecular flexibility index (Phi) is 1.74. The molecule has 11 heavy (non-hydrogen) atoms. The summed E-state index contributed by atoms with van der Waals surface area (Å²) in [5, 5.41) is 0.738. The van der Waals surface area contributed by atoms with E-state index in [1.165, 1.54) is 0 Å². The smallest absolute Gasteiger partial charge is 0.123 e. The summed E-state index contributed by atoms with van der Waals surface area (Å²) in [5.74, 6) is 0.889. The Morgan fingerprint density at radius 2 is 2.36 bits per heavy atom. The largest absolute Gasteiger partial charge is 0.493 e. The van der Waals surface area contributed by atoms with Gasteiger partial charge in [0.25, 0.3) is 0 Å². The number of halogens is 1. The van der Waals surface area contributed by atoms with Crippen molar-refractivity contribution in [1.82, 2.24) is 0 Å². The predicted molar refractivity (Wildman–Crippen MR) is 43.9 cm³/mol. The predicted octanol–water partition coefficient (Wildman–Crippen LogP) is 2.55. The van der Waals surface area contributed by atoms with E-state index in [9.17, 15) is 0 Å². The molecule has 2 rings (SSSR count). The summed E-state index contributed by atoms with van der Waals surface area (Å²) in [6, 6.07) is 5.58. The summed E-state index contributed by atoms with van der Waals surface area (Å²) in [6.07, 6.45) is 4.05. The van der Waals surface area contributed by atoms with E-state index in [0.29, 0.717) is 0 Å². The standard InChI is InChI=1S/C9H7ClO/c10-8-3-4-9-7(6-8)2-1-5-11-9/h3-4,6H,1,5H2. The average molecular weight is 167 g/mol. The molecule has 0 saturated heterocycles.